The molecule has 1 aromatic carbocycles. The van der Waals surface area contributed by atoms with Gasteiger partial charge in [-0.3, -0.25) is 0 Å². The molecule has 0 aromatic heterocycles. The maximum Gasteiger partial charge on any atom is 0.115 e. The first-order valence-corrected chi connectivity index (χ1v) is 10.3. The monoisotopic (exact) mass is 344 g/mol. The fourth-order valence-corrected chi connectivity index (χ4v) is 6.28. The molecular formula is C22H32O3. The molecule has 3 nitrogen and oxygen atoms in total. The Bertz CT molecular complexity index is 599. The van der Waals surface area contributed by atoms with Crippen LogP contribution in [0.5, 0.6) is 5.75 Å². The molecule has 2 fully saturated rings. The van der Waals surface area contributed by atoms with Crippen molar-refractivity contribution >= 4 is 0 Å². The summed E-state index contributed by atoms with van der Waals surface area (Å²) in [4.78, 5) is 0. The molecule has 0 amide bonds. The minimum Gasteiger partial charge on any atom is -0.508 e. The van der Waals surface area contributed by atoms with Crippen molar-refractivity contribution in [1.82, 2.24) is 0 Å². The summed E-state index contributed by atoms with van der Waals surface area (Å²) in [5.74, 6) is 3.57. The van der Waals surface area contributed by atoms with Crippen molar-refractivity contribution < 1.29 is 14.9 Å². The third-order valence-electron chi connectivity index (χ3n) is 7.23. The summed E-state index contributed by atoms with van der Waals surface area (Å²) >= 11 is 0. The van der Waals surface area contributed by atoms with E-state index >= 15 is 0 Å². The Balaban J connectivity index is 1.61. The topological polar surface area (TPSA) is 49.7 Å². The van der Waals surface area contributed by atoms with E-state index in [2.05, 4.69) is 13.0 Å². The quantitative estimate of drug-likeness (QED) is 0.785. The van der Waals surface area contributed by atoms with Gasteiger partial charge in [-0.05, 0) is 105 Å². The zero-order valence-corrected chi connectivity index (χ0v) is 15.4. The van der Waals surface area contributed by atoms with Crippen LogP contribution in [-0.4, -0.2) is 29.5 Å². The van der Waals surface area contributed by atoms with Crippen LogP contribution in [0.15, 0.2) is 18.2 Å². The highest BCUT2D eigenvalue weighted by Crippen LogP contribution is 2.58. The summed E-state index contributed by atoms with van der Waals surface area (Å²) in [7, 11) is 0. The molecule has 0 bridgehead atoms. The predicted molar refractivity (Wildman–Crippen MR) is 98.7 cm³/mol. The number of phenolic OH excluding ortho intramolecular Hbond substituents is 1. The fraction of sp³-hybridized carbons (Fsp3) is 0.727. The van der Waals surface area contributed by atoms with E-state index in [4.69, 9.17) is 4.74 Å². The molecule has 25 heavy (non-hydrogen) atoms. The Morgan fingerprint density at radius 1 is 1.12 bits per heavy atom. The predicted octanol–water partition coefficient (Wildman–Crippen LogP) is 4.26. The van der Waals surface area contributed by atoms with Crippen LogP contribution in [-0.2, 0) is 11.2 Å². The van der Waals surface area contributed by atoms with Crippen LogP contribution in [0.2, 0.25) is 0 Å². The SMILES string of the molecule is CCOCCC[C@H]1CC2C(CC[C@@H]2O)C2CCc3cc(O)ccc3C21. The van der Waals surface area contributed by atoms with Gasteiger partial charge in [0.1, 0.15) is 5.75 Å². The average molecular weight is 344 g/mol. The molecular weight excluding hydrogens is 312 g/mol. The van der Waals surface area contributed by atoms with Gasteiger partial charge in [0.25, 0.3) is 0 Å². The second kappa shape index (κ2) is 7.28. The van der Waals surface area contributed by atoms with Crippen molar-refractivity contribution in [2.45, 2.75) is 63.9 Å². The third-order valence-corrected chi connectivity index (χ3v) is 7.23. The molecule has 0 heterocycles. The van der Waals surface area contributed by atoms with E-state index in [-0.39, 0.29) is 6.10 Å². The van der Waals surface area contributed by atoms with Gasteiger partial charge in [-0.25, -0.2) is 0 Å². The van der Waals surface area contributed by atoms with Gasteiger partial charge in [-0.2, -0.15) is 0 Å². The highest BCUT2D eigenvalue weighted by Gasteiger charge is 2.50. The summed E-state index contributed by atoms with van der Waals surface area (Å²) in [6.45, 7) is 3.70. The minimum absolute atomic E-state index is 0.0819. The maximum absolute atomic E-state index is 10.5. The molecule has 2 N–H and O–H groups in total. The van der Waals surface area contributed by atoms with Gasteiger partial charge in [-0.15, -0.1) is 0 Å². The number of phenols is 1. The van der Waals surface area contributed by atoms with Gasteiger partial charge in [-0.1, -0.05) is 6.07 Å². The zero-order chi connectivity index (χ0) is 17.4. The van der Waals surface area contributed by atoms with E-state index < -0.39 is 0 Å². The summed E-state index contributed by atoms with van der Waals surface area (Å²) < 4.78 is 5.57. The van der Waals surface area contributed by atoms with Gasteiger partial charge in [0.15, 0.2) is 0 Å². The highest BCUT2D eigenvalue weighted by molar-refractivity contribution is 5.40. The molecule has 3 heteroatoms. The van der Waals surface area contributed by atoms with E-state index in [0.717, 1.165) is 32.5 Å². The Hall–Kier alpha value is -1.06. The summed E-state index contributed by atoms with van der Waals surface area (Å²) in [6.07, 6.45) is 7.88. The standard InChI is InChI=1S/C22H32O3/c1-2-25-11-3-4-15-13-20-18(9-10-21(20)24)19-7-5-14-12-16(23)6-8-17(14)22(15)19/h6,8,12,15,18-24H,2-5,7,9-11,13H2,1H3/t15-,18?,19?,20?,21-,22?/m0/s1. The van der Waals surface area contributed by atoms with Crippen molar-refractivity contribution in [3.63, 3.8) is 0 Å². The smallest absolute Gasteiger partial charge is 0.115 e. The zero-order valence-electron chi connectivity index (χ0n) is 15.4. The first kappa shape index (κ1) is 17.4. The lowest BCUT2D eigenvalue weighted by molar-refractivity contribution is 0.0201. The second-order valence-corrected chi connectivity index (χ2v) is 8.42. The molecule has 2 saturated carbocycles. The largest absolute Gasteiger partial charge is 0.508 e. The normalized spacial score (nSPS) is 36.6. The van der Waals surface area contributed by atoms with Gasteiger partial charge < -0.3 is 14.9 Å². The van der Waals surface area contributed by atoms with Crippen LogP contribution in [0.1, 0.15) is 62.5 Å². The number of aliphatic hydroxyl groups is 1. The van der Waals surface area contributed by atoms with E-state index in [1.807, 2.05) is 12.1 Å². The molecule has 4 rings (SSSR count). The lowest BCUT2D eigenvalue weighted by atomic mass is 9.56. The number of fused-ring (bicyclic) bond motifs is 5. The Labute approximate surface area is 151 Å². The number of ether oxygens (including phenoxy) is 1. The lowest BCUT2D eigenvalue weighted by Gasteiger charge is -2.49. The molecule has 3 aliphatic carbocycles. The van der Waals surface area contributed by atoms with Crippen molar-refractivity contribution in [1.29, 1.82) is 0 Å². The average Bonchev–Trinajstić information content (AvgIpc) is 2.99. The third kappa shape index (κ3) is 3.21. The van der Waals surface area contributed by atoms with Crippen LogP contribution in [0.25, 0.3) is 0 Å². The summed E-state index contributed by atoms with van der Waals surface area (Å²) in [5, 5.41) is 20.4. The number of aliphatic hydroxyl groups excluding tert-OH is 1. The Kier molecular flexibility index (Phi) is 5.06. The minimum atomic E-state index is -0.0819. The van der Waals surface area contributed by atoms with E-state index in [1.54, 1.807) is 0 Å². The molecule has 4 unspecified atom stereocenters. The van der Waals surface area contributed by atoms with Crippen LogP contribution >= 0.6 is 0 Å². The molecule has 0 aliphatic heterocycles. The van der Waals surface area contributed by atoms with Crippen LogP contribution in [0.4, 0.5) is 0 Å². The van der Waals surface area contributed by atoms with Crippen molar-refractivity contribution in [2.75, 3.05) is 13.2 Å². The van der Waals surface area contributed by atoms with Gasteiger partial charge in [0.2, 0.25) is 0 Å². The fourth-order valence-electron chi connectivity index (χ4n) is 6.28. The van der Waals surface area contributed by atoms with E-state index in [9.17, 15) is 10.2 Å². The number of aromatic hydroxyl groups is 1. The number of rotatable bonds is 5. The Morgan fingerprint density at radius 3 is 2.84 bits per heavy atom. The molecule has 3 aliphatic rings. The number of benzene rings is 1. The first-order valence-electron chi connectivity index (χ1n) is 10.3. The van der Waals surface area contributed by atoms with Crippen LogP contribution in [0.3, 0.4) is 0 Å². The molecule has 0 saturated heterocycles. The lowest BCUT2D eigenvalue weighted by Crippen LogP contribution is -2.41. The highest BCUT2D eigenvalue weighted by atomic mass is 16.5. The van der Waals surface area contributed by atoms with Gasteiger partial charge in [0.05, 0.1) is 6.10 Å². The van der Waals surface area contributed by atoms with Crippen LogP contribution in [0, 0.1) is 23.7 Å². The molecule has 0 spiro atoms. The molecule has 0 radical (unpaired) electrons. The van der Waals surface area contributed by atoms with E-state index in [0.29, 0.717) is 35.3 Å². The van der Waals surface area contributed by atoms with Gasteiger partial charge >= 0.3 is 0 Å². The molecule has 138 valence electrons. The van der Waals surface area contributed by atoms with Gasteiger partial charge in [0, 0.05) is 13.2 Å². The summed E-state index contributed by atoms with van der Waals surface area (Å²) in [6, 6.07) is 6.04. The van der Waals surface area contributed by atoms with Crippen molar-refractivity contribution in [3.05, 3.63) is 29.3 Å². The number of aryl methyl sites for hydroxylation is 1. The van der Waals surface area contributed by atoms with Crippen molar-refractivity contribution in [3.8, 4) is 5.75 Å². The van der Waals surface area contributed by atoms with E-state index in [1.165, 1.54) is 36.8 Å². The molecule has 6 atom stereocenters. The number of hydrogen-bond donors (Lipinski definition) is 2. The second-order valence-electron chi connectivity index (χ2n) is 8.42. The molecule has 1 aromatic rings. The maximum atomic E-state index is 10.5. The Morgan fingerprint density at radius 2 is 2.00 bits per heavy atom. The number of hydrogen-bond acceptors (Lipinski definition) is 3. The summed E-state index contributed by atoms with van der Waals surface area (Å²) in [5.41, 5.74) is 2.84. The first-order chi connectivity index (χ1) is 12.2. The van der Waals surface area contributed by atoms with Crippen LogP contribution < -0.4 is 0 Å². The van der Waals surface area contributed by atoms with Crippen molar-refractivity contribution in [2.24, 2.45) is 23.7 Å².